The highest BCUT2D eigenvalue weighted by Crippen LogP contribution is 2.30. The summed E-state index contributed by atoms with van der Waals surface area (Å²) in [4.78, 5) is 9.64. The number of aromatic nitrogens is 1. The maximum atomic E-state index is 4.84. The summed E-state index contributed by atoms with van der Waals surface area (Å²) < 4.78 is 0. The molecule has 0 amide bonds. The van der Waals surface area contributed by atoms with Crippen molar-refractivity contribution in [3.8, 4) is 0 Å². The predicted octanol–water partition coefficient (Wildman–Crippen LogP) is 0.972. The average Bonchev–Trinajstić information content (AvgIpc) is 2.98. The number of likely N-dealkylation sites (tertiary alicyclic amines) is 1. The van der Waals surface area contributed by atoms with Gasteiger partial charge in [-0.15, -0.1) is 11.3 Å². The van der Waals surface area contributed by atoms with E-state index in [0.29, 0.717) is 5.92 Å². The second-order valence-corrected chi connectivity index (χ2v) is 5.88. The second-order valence-electron chi connectivity index (χ2n) is 5.04. The molecular formula is C12H20N4S. The molecule has 0 radical (unpaired) electrons. The molecule has 0 saturated carbocycles. The minimum atomic E-state index is 0.660. The smallest absolute Gasteiger partial charge is 0.185 e. The van der Waals surface area contributed by atoms with Gasteiger partial charge >= 0.3 is 0 Å². The molecule has 0 spiro atoms. The zero-order chi connectivity index (χ0) is 11.7. The summed E-state index contributed by atoms with van der Waals surface area (Å²) in [5, 5.41) is 6.86. The van der Waals surface area contributed by atoms with Crippen LogP contribution in [0.25, 0.3) is 0 Å². The maximum absolute atomic E-state index is 4.84. The van der Waals surface area contributed by atoms with Gasteiger partial charge in [0.15, 0.2) is 5.13 Å². The van der Waals surface area contributed by atoms with Crippen molar-refractivity contribution < 1.29 is 0 Å². The molecule has 0 bridgehead atoms. The molecule has 0 aliphatic carbocycles. The first-order chi connectivity index (χ1) is 8.33. The quantitative estimate of drug-likeness (QED) is 0.850. The van der Waals surface area contributed by atoms with Crippen LogP contribution in [0.5, 0.6) is 0 Å². The zero-order valence-electron chi connectivity index (χ0n) is 10.4. The summed E-state index contributed by atoms with van der Waals surface area (Å²) in [6.07, 6.45) is 1.27. The van der Waals surface area contributed by atoms with Gasteiger partial charge in [0.1, 0.15) is 0 Å². The fourth-order valence-corrected chi connectivity index (χ4v) is 3.60. The Morgan fingerprint density at radius 1 is 1.35 bits per heavy atom. The SMILES string of the molecule is CN1CCC(c2csc(N3CCNCC3)n2)C1. The predicted molar refractivity (Wildman–Crippen MR) is 72.1 cm³/mol. The summed E-state index contributed by atoms with van der Waals surface area (Å²) in [6, 6.07) is 0. The van der Waals surface area contributed by atoms with E-state index >= 15 is 0 Å². The molecule has 2 saturated heterocycles. The normalized spacial score (nSPS) is 26.6. The summed E-state index contributed by atoms with van der Waals surface area (Å²) in [7, 11) is 2.20. The monoisotopic (exact) mass is 252 g/mol. The van der Waals surface area contributed by atoms with Gasteiger partial charge in [0.05, 0.1) is 5.69 Å². The van der Waals surface area contributed by atoms with E-state index in [4.69, 9.17) is 4.98 Å². The van der Waals surface area contributed by atoms with Crippen LogP contribution >= 0.6 is 11.3 Å². The van der Waals surface area contributed by atoms with Crippen molar-refractivity contribution >= 4 is 16.5 Å². The fourth-order valence-electron chi connectivity index (χ4n) is 2.64. The molecule has 2 fully saturated rings. The standard InChI is InChI=1S/C12H20N4S/c1-15-5-2-10(8-15)11-9-17-12(14-11)16-6-3-13-4-7-16/h9-10,13H,2-8H2,1H3. The van der Waals surface area contributed by atoms with Gasteiger partial charge in [-0.1, -0.05) is 0 Å². The number of anilines is 1. The van der Waals surface area contributed by atoms with E-state index in [0.717, 1.165) is 26.2 Å². The Hall–Kier alpha value is -0.650. The van der Waals surface area contributed by atoms with Crippen LogP contribution in [0.2, 0.25) is 0 Å². The van der Waals surface area contributed by atoms with Gasteiger partial charge in [-0.2, -0.15) is 0 Å². The zero-order valence-corrected chi connectivity index (χ0v) is 11.2. The molecular weight excluding hydrogens is 232 g/mol. The number of piperazine rings is 1. The summed E-state index contributed by atoms with van der Waals surface area (Å²) in [6.45, 7) is 6.74. The van der Waals surface area contributed by atoms with Crippen molar-refractivity contribution in [2.24, 2.45) is 0 Å². The van der Waals surface area contributed by atoms with Crippen molar-refractivity contribution in [1.82, 2.24) is 15.2 Å². The first-order valence-corrected chi connectivity index (χ1v) is 7.30. The Labute approximate surface area is 107 Å². The third-order valence-corrected chi connectivity index (χ3v) is 4.63. The molecule has 0 aromatic carbocycles. The van der Waals surface area contributed by atoms with Crippen LogP contribution in [0.3, 0.4) is 0 Å². The van der Waals surface area contributed by atoms with Crippen LogP contribution in [0.4, 0.5) is 5.13 Å². The molecule has 5 heteroatoms. The second kappa shape index (κ2) is 4.92. The number of thiazole rings is 1. The number of rotatable bonds is 2. The van der Waals surface area contributed by atoms with Crippen LogP contribution in [0, 0.1) is 0 Å². The fraction of sp³-hybridized carbons (Fsp3) is 0.750. The first kappa shape index (κ1) is 11.4. The third kappa shape index (κ3) is 2.46. The summed E-state index contributed by atoms with van der Waals surface area (Å²) in [5.74, 6) is 0.660. The Balaban J connectivity index is 1.69. The van der Waals surface area contributed by atoms with E-state index in [2.05, 4.69) is 27.5 Å². The van der Waals surface area contributed by atoms with Crippen molar-refractivity contribution in [2.75, 3.05) is 51.2 Å². The molecule has 17 heavy (non-hydrogen) atoms. The Morgan fingerprint density at radius 2 is 2.18 bits per heavy atom. The lowest BCUT2D eigenvalue weighted by molar-refractivity contribution is 0.411. The lowest BCUT2D eigenvalue weighted by Crippen LogP contribution is -2.43. The number of nitrogens with one attached hydrogen (secondary N) is 1. The lowest BCUT2D eigenvalue weighted by Gasteiger charge is -2.26. The highest BCUT2D eigenvalue weighted by Gasteiger charge is 2.24. The first-order valence-electron chi connectivity index (χ1n) is 6.42. The summed E-state index contributed by atoms with van der Waals surface area (Å²) in [5.41, 5.74) is 1.31. The van der Waals surface area contributed by atoms with Gasteiger partial charge in [-0.3, -0.25) is 0 Å². The molecule has 4 nitrogen and oxygen atoms in total. The molecule has 3 rings (SSSR count). The largest absolute Gasteiger partial charge is 0.346 e. The van der Waals surface area contributed by atoms with E-state index in [-0.39, 0.29) is 0 Å². The highest BCUT2D eigenvalue weighted by atomic mass is 32.1. The van der Waals surface area contributed by atoms with Gasteiger partial charge in [0, 0.05) is 44.0 Å². The Bertz CT molecular complexity index is 353. The van der Waals surface area contributed by atoms with Crippen molar-refractivity contribution in [2.45, 2.75) is 12.3 Å². The molecule has 94 valence electrons. The van der Waals surface area contributed by atoms with Gasteiger partial charge in [0.2, 0.25) is 0 Å². The Morgan fingerprint density at radius 3 is 2.88 bits per heavy atom. The van der Waals surface area contributed by atoms with E-state index in [1.54, 1.807) is 0 Å². The molecule has 1 aromatic rings. The maximum Gasteiger partial charge on any atom is 0.185 e. The molecule has 1 N–H and O–H groups in total. The minimum Gasteiger partial charge on any atom is -0.346 e. The molecule has 1 atom stereocenters. The Kier molecular flexibility index (Phi) is 3.31. The van der Waals surface area contributed by atoms with Gasteiger partial charge in [0.25, 0.3) is 0 Å². The van der Waals surface area contributed by atoms with Crippen LogP contribution < -0.4 is 10.2 Å². The van der Waals surface area contributed by atoms with Crippen molar-refractivity contribution in [1.29, 1.82) is 0 Å². The number of likely N-dealkylation sites (N-methyl/N-ethyl adjacent to an activating group) is 1. The van der Waals surface area contributed by atoms with E-state index < -0.39 is 0 Å². The highest BCUT2D eigenvalue weighted by molar-refractivity contribution is 7.13. The molecule has 1 unspecified atom stereocenters. The molecule has 3 heterocycles. The van der Waals surface area contributed by atoms with Gasteiger partial charge in [-0.25, -0.2) is 4.98 Å². The molecule has 2 aliphatic rings. The summed E-state index contributed by atoms with van der Waals surface area (Å²) >= 11 is 1.81. The third-order valence-electron chi connectivity index (χ3n) is 3.71. The van der Waals surface area contributed by atoms with Gasteiger partial charge < -0.3 is 15.1 Å². The van der Waals surface area contributed by atoms with Crippen molar-refractivity contribution in [3.05, 3.63) is 11.1 Å². The topological polar surface area (TPSA) is 31.4 Å². The lowest BCUT2D eigenvalue weighted by atomic mass is 10.1. The number of nitrogens with zero attached hydrogens (tertiary/aromatic N) is 3. The van der Waals surface area contributed by atoms with Crippen LogP contribution in [0.1, 0.15) is 18.0 Å². The van der Waals surface area contributed by atoms with E-state index in [9.17, 15) is 0 Å². The molecule has 2 aliphatic heterocycles. The number of hydrogen-bond donors (Lipinski definition) is 1. The van der Waals surface area contributed by atoms with Gasteiger partial charge in [-0.05, 0) is 20.0 Å². The average molecular weight is 252 g/mol. The van der Waals surface area contributed by atoms with Crippen LogP contribution in [0.15, 0.2) is 5.38 Å². The van der Waals surface area contributed by atoms with Crippen LogP contribution in [-0.2, 0) is 0 Å². The van der Waals surface area contributed by atoms with Crippen molar-refractivity contribution in [3.63, 3.8) is 0 Å². The molecule has 1 aromatic heterocycles. The van der Waals surface area contributed by atoms with E-state index in [1.165, 1.54) is 30.3 Å². The number of hydrogen-bond acceptors (Lipinski definition) is 5. The van der Waals surface area contributed by atoms with Crippen LogP contribution in [-0.4, -0.2) is 56.2 Å². The van der Waals surface area contributed by atoms with E-state index in [1.807, 2.05) is 11.3 Å². The minimum absolute atomic E-state index is 0.660.